The smallest absolute Gasteiger partial charge is 0.253 e. The third-order valence-electron chi connectivity index (χ3n) is 4.20. The minimum atomic E-state index is -0.400. The van der Waals surface area contributed by atoms with E-state index in [9.17, 15) is 19.1 Å². The molecule has 0 spiro atoms. The predicted octanol–water partition coefficient (Wildman–Crippen LogP) is 2.42. The molecule has 0 aliphatic carbocycles. The fraction of sp³-hybridized carbons (Fsp3) is 0.278. The maximum Gasteiger partial charge on any atom is 0.253 e. The third kappa shape index (κ3) is 3.93. The van der Waals surface area contributed by atoms with Gasteiger partial charge >= 0.3 is 0 Å². The van der Waals surface area contributed by atoms with Gasteiger partial charge in [-0.05, 0) is 49.2 Å². The highest BCUT2D eigenvalue weighted by Gasteiger charge is 2.29. The molecule has 7 heteroatoms. The molecule has 1 atom stereocenters. The van der Waals surface area contributed by atoms with Crippen LogP contribution in [0.4, 0.5) is 10.2 Å². The summed E-state index contributed by atoms with van der Waals surface area (Å²) in [7, 11) is 0. The number of likely N-dealkylation sites (tertiary alicyclic amines) is 1. The minimum absolute atomic E-state index is 0.106. The summed E-state index contributed by atoms with van der Waals surface area (Å²) in [4.78, 5) is 30.5. The van der Waals surface area contributed by atoms with E-state index in [-0.39, 0.29) is 35.8 Å². The molecule has 2 heterocycles. The maximum absolute atomic E-state index is 13.0. The average molecular weight is 343 g/mol. The number of anilines is 1. The van der Waals surface area contributed by atoms with Gasteiger partial charge in [-0.3, -0.25) is 9.59 Å². The van der Waals surface area contributed by atoms with Gasteiger partial charge in [0, 0.05) is 24.8 Å². The van der Waals surface area contributed by atoms with Crippen LogP contribution in [0.3, 0.4) is 0 Å². The van der Waals surface area contributed by atoms with E-state index in [1.165, 1.54) is 36.5 Å². The third-order valence-corrected chi connectivity index (χ3v) is 4.20. The van der Waals surface area contributed by atoms with Crippen molar-refractivity contribution in [3.8, 4) is 5.75 Å². The number of hydrogen-bond donors (Lipinski definition) is 2. The van der Waals surface area contributed by atoms with Crippen molar-refractivity contribution < 1.29 is 19.1 Å². The Labute approximate surface area is 144 Å². The van der Waals surface area contributed by atoms with Gasteiger partial charge in [0.2, 0.25) is 5.91 Å². The maximum atomic E-state index is 13.0. The first-order chi connectivity index (χ1) is 12.0. The standard InChI is InChI=1S/C18H18FN3O3/c19-14-7-5-12(6-8-14)18(25)22-10-2-3-13(11-22)17(24)21-16-15(23)4-1-9-20-16/h1,4-9,13,23H,2-3,10-11H2,(H,20,21,24). The quantitative estimate of drug-likeness (QED) is 0.897. The highest BCUT2D eigenvalue weighted by atomic mass is 19.1. The molecule has 3 rings (SSSR count). The molecule has 0 saturated carbocycles. The lowest BCUT2D eigenvalue weighted by molar-refractivity contribution is -0.121. The van der Waals surface area contributed by atoms with Gasteiger partial charge in [0.1, 0.15) is 5.82 Å². The largest absolute Gasteiger partial charge is 0.504 e. The lowest BCUT2D eigenvalue weighted by atomic mass is 9.96. The molecular formula is C18H18FN3O3. The number of carbonyl (C=O) groups is 2. The topological polar surface area (TPSA) is 82.5 Å². The summed E-state index contributed by atoms with van der Waals surface area (Å²) in [6.45, 7) is 0.824. The number of pyridine rings is 1. The highest BCUT2D eigenvalue weighted by molar-refractivity contribution is 5.96. The summed E-state index contributed by atoms with van der Waals surface area (Å²) in [6, 6.07) is 8.36. The van der Waals surface area contributed by atoms with Crippen molar-refractivity contribution in [3.63, 3.8) is 0 Å². The number of piperidine rings is 1. The molecule has 1 aromatic heterocycles. The number of halogens is 1. The molecule has 6 nitrogen and oxygen atoms in total. The molecule has 1 aliphatic heterocycles. The van der Waals surface area contributed by atoms with E-state index in [1.54, 1.807) is 11.0 Å². The van der Waals surface area contributed by atoms with Crippen molar-refractivity contribution in [3.05, 3.63) is 54.0 Å². The summed E-state index contributed by atoms with van der Waals surface area (Å²) in [5, 5.41) is 12.3. The number of aromatic nitrogens is 1. The Morgan fingerprint density at radius 3 is 2.72 bits per heavy atom. The van der Waals surface area contributed by atoms with E-state index >= 15 is 0 Å². The number of hydrogen-bond acceptors (Lipinski definition) is 4. The zero-order valence-electron chi connectivity index (χ0n) is 13.5. The van der Waals surface area contributed by atoms with E-state index in [0.717, 1.165) is 0 Å². The first-order valence-corrected chi connectivity index (χ1v) is 8.04. The van der Waals surface area contributed by atoms with Crippen molar-refractivity contribution in [2.24, 2.45) is 5.92 Å². The Balaban J connectivity index is 1.66. The van der Waals surface area contributed by atoms with Crippen molar-refractivity contribution >= 4 is 17.6 Å². The molecule has 1 fully saturated rings. The lowest BCUT2D eigenvalue weighted by Gasteiger charge is -2.32. The van der Waals surface area contributed by atoms with Crippen LogP contribution in [-0.2, 0) is 4.79 Å². The second-order valence-corrected chi connectivity index (χ2v) is 5.96. The van der Waals surface area contributed by atoms with Crippen LogP contribution in [0.5, 0.6) is 5.75 Å². The molecule has 2 amide bonds. The number of carbonyl (C=O) groups excluding carboxylic acids is 2. The Kier molecular flexibility index (Phi) is 4.92. The number of benzene rings is 1. The number of aromatic hydroxyl groups is 1. The van der Waals surface area contributed by atoms with Crippen LogP contribution < -0.4 is 5.32 Å². The van der Waals surface area contributed by atoms with Gasteiger partial charge in [-0.2, -0.15) is 0 Å². The van der Waals surface area contributed by atoms with Gasteiger partial charge in [0.15, 0.2) is 11.6 Å². The second kappa shape index (κ2) is 7.29. The Hall–Kier alpha value is -2.96. The molecule has 2 N–H and O–H groups in total. The molecule has 1 aromatic carbocycles. The fourth-order valence-corrected chi connectivity index (χ4v) is 2.86. The lowest BCUT2D eigenvalue weighted by Crippen LogP contribution is -2.43. The van der Waals surface area contributed by atoms with Crippen molar-refractivity contribution in [1.29, 1.82) is 0 Å². The molecule has 1 saturated heterocycles. The van der Waals surface area contributed by atoms with Crippen LogP contribution in [0.1, 0.15) is 23.2 Å². The van der Waals surface area contributed by atoms with E-state index < -0.39 is 5.82 Å². The summed E-state index contributed by atoms with van der Waals surface area (Å²) in [5.41, 5.74) is 0.393. The Bertz CT molecular complexity index is 779. The molecule has 0 bridgehead atoms. The van der Waals surface area contributed by atoms with Gasteiger partial charge < -0.3 is 15.3 Å². The van der Waals surface area contributed by atoms with Gasteiger partial charge in [-0.1, -0.05) is 0 Å². The molecule has 25 heavy (non-hydrogen) atoms. The average Bonchev–Trinajstić information content (AvgIpc) is 2.64. The van der Waals surface area contributed by atoms with Crippen molar-refractivity contribution in [1.82, 2.24) is 9.88 Å². The minimum Gasteiger partial charge on any atom is -0.504 e. The predicted molar refractivity (Wildman–Crippen MR) is 89.6 cm³/mol. The summed E-state index contributed by atoms with van der Waals surface area (Å²) in [5.74, 6) is -1.30. The molecular weight excluding hydrogens is 325 g/mol. The normalized spacial score (nSPS) is 17.2. The zero-order chi connectivity index (χ0) is 17.8. The van der Waals surface area contributed by atoms with Crippen LogP contribution in [0.15, 0.2) is 42.6 Å². The van der Waals surface area contributed by atoms with Crippen LogP contribution >= 0.6 is 0 Å². The summed E-state index contributed by atoms with van der Waals surface area (Å²) < 4.78 is 13.0. The first-order valence-electron chi connectivity index (χ1n) is 8.04. The van der Waals surface area contributed by atoms with Crippen molar-refractivity contribution in [2.45, 2.75) is 12.8 Å². The van der Waals surface area contributed by atoms with Gasteiger partial charge in [-0.25, -0.2) is 9.37 Å². The molecule has 1 unspecified atom stereocenters. The Morgan fingerprint density at radius 2 is 2.00 bits per heavy atom. The highest BCUT2D eigenvalue weighted by Crippen LogP contribution is 2.23. The monoisotopic (exact) mass is 343 g/mol. The number of nitrogens with one attached hydrogen (secondary N) is 1. The number of amides is 2. The number of nitrogens with zero attached hydrogens (tertiary/aromatic N) is 2. The van der Waals surface area contributed by atoms with Gasteiger partial charge in [0.25, 0.3) is 5.91 Å². The van der Waals surface area contributed by atoms with Crippen LogP contribution in [0.25, 0.3) is 0 Å². The molecule has 130 valence electrons. The van der Waals surface area contributed by atoms with Crippen LogP contribution in [0.2, 0.25) is 0 Å². The summed E-state index contributed by atoms with van der Waals surface area (Å²) in [6.07, 6.45) is 2.81. The van der Waals surface area contributed by atoms with E-state index in [2.05, 4.69) is 10.3 Å². The van der Waals surface area contributed by atoms with Gasteiger partial charge in [-0.15, -0.1) is 0 Å². The molecule has 1 aliphatic rings. The van der Waals surface area contributed by atoms with Crippen LogP contribution in [0, 0.1) is 11.7 Å². The second-order valence-electron chi connectivity index (χ2n) is 5.96. The van der Waals surface area contributed by atoms with E-state index in [0.29, 0.717) is 24.9 Å². The SMILES string of the molecule is O=C(Nc1ncccc1O)C1CCCN(C(=O)c2ccc(F)cc2)C1. The van der Waals surface area contributed by atoms with Crippen LogP contribution in [-0.4, -0.2) is 39.9 Å². The fourth-order valence-electron chi connectivity index (χ4n) is 2.86. The van der Waals surface area contributed by atoms with Gasteiger partial charge in [0.05, 0.1) is 5.92 Å². The molecule has 2 aromatic rings. The Morgan fingerprint density at radius 1 is 1.24 bits per heavy atom. The summed E-state index contributed by atoms with van der Waals surface area (Å²) >= 11 is 0. The number of rotatable bonds is 3. The molecule has 0 radical (unpaired) electrons. The van der Waals surface area contributed by atoms with E-state index in [1.807, 2.05) is 0 Å². The van der Waals surface area contributed by atoms with Crippen molar-refractivity contribution in [2.75, 3.05) is 18.4 Å². The zero-order valence-corrected chi connectivity index (χ0v) is 13.5. The first kappa shape index (κ1) is 16.9. The van der Waals surface area contributed by atoms with E-state index in [4.69, 9.17) is 0 Å².